The summed E-state index contributed by atoms with van der Waals surface area (Å²) in [5, 5.41) is 7.18. The van der Waals surface area contributed by atoms with Crippen LogP contribution in [0.15, 0.2) is 29.6 Å². The van der Waals surface area contributed by atoms with Gasteiger partial charge in [-0.1, -0.05) is 45.0 Å². The van der Waals surface area contributed by atoms with Crippen LogP contribution in [0.5, 0.6) is 0 Å². The maximum Gasteiger partial charge on any atom is 0.114 e. The molecule has 1 aliphatic rings. The largest absolute Gasteiger partial charge is 0.301 e. The molecule has 1 unspecified atom stereocenters. The molecule has 1 fully saturated rings. The van der Waals surface area contributed by atoms with Crippen molar-refractivity contribution in [3.63, 3.8) is 0 Å². The van der Waals surface area contributed by atoms with Gasteiger partial charge >= 0.3 is 0 Å². The molecule has 0 aliphatic heterocycles. The Bertz CT molecular complexity index is 582. The summed E-state index contributed by atoms with van der Waals surface area (Å²) in [5.41, 5.74) is 3.94. The van der Waals surface area contributed by atoms with Gasteiger partial charge in [0.2, 0.25) is 0 Å². The van der Waals surface area contributed by atoms with E-state index in [1.807, 2.05) is 0 Å². The van der Waals surface area contributed by atoms with Gasteiger partial charge < -0.3 is 5.32 Å². The van der Waals surface area contributed by atoms with Crippen molar-refractivity contribution in [3.05, 3.63) is 51.5 Å². The fraction of sp³-hybridized carbons (Fsp3) is 0.500. The van der Waals surface area contributed by atoms with Gasteiger partial charge in [-0.15, -0.1) is 11.3 Å². The van der Waals surface area contributed by atoms with Crippen LogP contribution in [-0.4, -0.2) is 11.0 Å². The number of nitrogens with one attached hydrogen (secondary N) is 1. The Morgan fingerprint density at radius 3 is 2.48 bits per heavy atom. The van der Waals surface area contributed by atoms with E-state index in [0.717, 1.165) is 6.42 Å². The number of aryl methyl sites for hydroxylation is 1. The zero-order valence-corrected chi connectivity index (χ0v) is 13.9. The van der Waals surface area contributed by atoms with E-state index in [0.29, 0.717) is 12.0 Å². The first-order valence-electron chi connectivity index (χ1n) is 7.97. The molecule has 0 amide bonds. The third-order valence-corrected chi connectivity index (χ3v) is 5.01. The second-order valence-electron chi connectivity index (χ2n) is 6.23. The molecule has 2 nitrogen and oxygen atoms in total. The Balaban J connectivity index is 1.87. The van der Waals surface area contributed by atoms with E-state index in [2.05, 4.69) is 55.7 Å². The predicted molar refractivity (Wildman–Crippen MR) is 90.0 cm³/mol. The maximum atomic E-state index is 4.87. The molecule has 1 aromatic carbocycles. The number of hydrogen-bond donors (Lipinski definition) is 1. The van der Waals surface area contributed by atoms with E-state index in [-0.39, 0.29) is 6.04 Å². The number of nitrogens with zero attached hydrogens (tertiary/aromatic N) is 1. The summed E-state index contributed by atoms with van der Waals surface area (Å²) < 4.78 is 0. The molecular weight excluding hydrogens is 276 g/mol. The van der Waals surface area contributed by atoms with E-state index in [9.17, 15) is 0 Å². The highest BCUT2D eigenvalue weighted by Crippen LogP contribution is 2.31. The van der Waals surface area contributed by atoms with Crippen LogP contribution >= 0.6 is 11.3 Å². The molecule has 1 N–H and O–H groups in total. The molecule has 1 saturated carbocycles. The van der Waals surface area contributed by atoms with Crippen LogP contribution in [0.1, 0.15) is 67.4 Å². The lowest BCUT2D eigenvalue weighted by atomic mass is 10.0. The van der Waals surface area contributed by atoms with Crippen molar-refractivity contribution in [1.29, 1.82) is 0 Å². The van der Waals surface area contributed by atoms with Crippen LogP contribution in [0, 0.1) is 0 Å². The summed E-state index contributed by atoms with van der Waals surface area (Å²) >= 11 is 1.79. The monoisotopic (exact) mass is 300 g/mol. The molecule has 1 aromatic heterocycles. The van der Waals surface area contributed by atoms with Gasteiger partial charge in [-0.2, -0.15) is 0 Å². The van der Waals surface area contributed by atoms with Gasteiger partial charge in [0.25, 0.3) is 0 Å². The fourth-order valence-electron chi connectivity index (χ4n) is 2.44. The molecule has 0 radical (unpaired) electrons. The van der Waals surface area contributed by atoms with Gasteiger partial charge in [0.05, 0.1) is 11.7 Å². The van der Waals surface area contributed by atoms with Crippen molar-refractivity contribution in [1.82, 2.24) is 10.3 Å². The first-order valence-corrected chi connectivity index (χ1v) is 8.85. The third kappa shape index (κ3) is 3.53. The average molecular weight is 300 g/mol. The minimum atomic E-state index is 0.251. The Hall–Kier alpha value is -1.19. The molecule has 1 atom stereocenters. The summed E-state index contributed by atoms with van der Waals surface area (Å²) in [6.45, 7) is 6.61. The quantitative estimate of drug-likeness (QED) is 0.838. The molecule has 1 aliphatic carbocycles. The SMILES string of the molecule is CCc1ccc(C(NC2CC2)c2nc(C(C)C)cs2)cc1. The molecule has 21 heavy (non-hydrogen) atoms. The van der Waals surface area contributed by atoms with Gasteiger partial charge in [-0.3, -0.25) is 0 Å². The van der Waals surface area contributed by atoms with E-state index < -0.39 is 0 Å². The van der Waals surface area contributed by atoms with Crippen LogP contribution in [0.3, 0.4) is 0 Å². The number of thiazole rings is 1. The molecule has 2 aromatic rings. The van der Waals surface area contributed by atoms with Crippen molar-refractivity contribution in [2.75, 3.05) is 0 Å². The van der Waals surface area contributed by atoms with Gasteiger partial charge in [0.15, 0.2) is 0 Å². The normalized spacial score (nSPS) is 16.4. The number of rotatable bonds is 6. The topological polar surface area (TPSA) is 24.9 Å². The smallest absolute Gasteiger partial charge is 0.114 e. The molecule has 3 heteroatoms. The Kier molecular flexibility index (Phi) is 4.41. The molecule has 0 bridgehead atoms. The van der Waals surface area contributed by atoms with Crippen LogP contribution in [0.25, 0.3) is 0 Å². The number of aromatic nitrogens is 1. The van der Waals surface area contributed by atoms with Gasteiger partial charge in [-0.25, -0.2) is 4.98 Å². The van der Waals surface area contributed by atoms with Crippen molar-refractivity contribution >= 4 is 11.3 Å². The van der Waals surface area contributed by atoms with E-state index >= 15 is 0 Å². The standard InChI is InChI=1S/C18H24N2S/c1-4-13-5-7-14(8-6-13)17(19-15-9-10-15)18-20-16(11-21-18)12(2)3/h5-8,11-12,15,17,19H,4,9-10H2,1-3H3. The summed E-state index contributed by atoms with van der Waals surface area (Å²) in [6.07, 6.45) is 3.69. The van der Waals surface area contributed by atoms with Crippen molar-refractivity contribution < 1.29 is 0 Å². The summed E-state index contributed by atoms with van der Waals surface area (Å²) in [6, 6.07) is 9.93. The highest BCUT2D eigenvalue weighted by molar-refractivity contribution is 7.09. The van der Waals surface area contributed by atoms with E-state index in [1.165, 1.54) is 34.7 Å². The molecule has 0 spiro atoms. The lowest BCUT2D eigenvalue weighted by Crippen LogP contribution is -2.24. The second kappa shape index (κ2) is 6.29. The van der Waals surface area contributed by atoms with Gasteiger partial charge in [0, 0.05) is 11.4 Å². The highest BCUT2D eigenvalue weighted by Gasteiger charge is 2.28. The predicted octanol–water partition coefficient (Wildman–Crippen LogP) is 4.67. The molecule has 0 saturated heterocycles. The number of hydrogen-bond acceptors (Lipinski definition) is 3. The zero-order chi connectivity index (χ0) is 14.8. The molecule has 3 rings (SSSR count). The van der Waals surface area contributed by atoms with Crippen LogP contribution in [0.2, 0.25) is 0 Å². The average Bonchev–Trinajstić information content (AvgIpc) is 3.18. The van der Waals surface area contributed by atoms with Crippen LogP contribution in [-0.2, 0) is 6.42 Å². The molecule has 1 heterocycles. The Morgan fingerprint density at radius 1 is 1.24 bits per heavy atom. The second-order valence-corrected chi connectivity index (χ2v) is 7.12. The number of benzene rings is 1. The first kappa shape index (κ1) is 14.7. The van der Waals surface area contributed by atoms with Crippen molar-refractivity contribution in [2.45, 2.75) is 58.0 Å². The van der Waals surface area contributed by atoms with Crippen LogP contribution < -0.4 is 5.32 Å². The summed E-state index contributed by atoms with van der Waals surface area (Å²) in [7, 11) is 0. The highest BCUT2D eigenvalue weighted by atomic mass is 32.1. The summed E-state index contributed by atoms with van der Waals surface area (Å²) in [5.74, 6) is 0.499. The minimum absolute atomic E-state index is 0.251. The van der Waals surface area contributed by atoms with E-state index in [4.69, 9.17) is 4.98 Å². The summed E-state index contributed by atoms with van der Waals surface area (Å²) in [4.78, 5) is 4.87. The Labute approximate surface area is 131 Å². The lowest BCUT2D eigenvalue weighted by Gasteiger charge is -2.17. The zero-order valence-electron chi connectivity index (χ0n) is 13.1. The fourth-order valence-corrected chi connectivity index (χ4v) is 3.50. The van der Waals surface area contributed by atoms with Crippen LogP contribution in [0.4, 0.5) is 0 Å². The third-order valence-electron chi connectivity index (χ3n) is 4.08. The van der Waals surface area contributed by atoms with Crippen molar-refractivity contribution in [3.8, 4) is 0 Å². The Morgan fingerprint density at radius 2 is 1.95 bits per heavy atom. The first-order chi connectivity index (χ1) is 10.2. The lowest BCUT2D eigenvalue weighted by molar-refractivity contribution is 0.595. The molecular formula is C18H24N2S. The van der Waals surface area contributed by atoms with Gasteiger partial charge in [0.1, 0.15) is 5.01 Å². The van der Waals surface area contributed by atoms with Crippen molar-refractivity contribution in [2.24, 2.45) is 0 Å². The molecule has 112 valence electrons. The minimum Gasteiger partial charge on any atom is -0.301 e. The maximum absolute atomic E-state index is 4.87. The van der Waals surface area contributed by atoms with E-state index in [1.54, 1.807) is 11.3 Å². The van der Waals surface area contributed by atoms with Gasteiger partial charge in [-0.05, 0) is 36.3 Å².